The van der Waals surface area contributed by atoms with Gasteiger partial charge in [0, 0.05) is 19.6 Å². The van der Waals surface area contributed by atoms with Crippen molar-refractivity contribution < 1.29 is 27.8 Å². The van der Waals surface area contributed by atoms with Crippen LogP contribution in [0.5, 0.6) is 5.75 Å². The van der Waals surface area contributed by atoms with Crippen molar-refractivity contribution in [1.29, 1.82) is 0 Å². The lowest BCUT2D eigenvalue weighted by atomic mass is 10.0. The lowest BCUT2D eigenvalue weighted by Crippen LogP contribution is -2.43. The number of nitrogens with two attached hydrogens (primary N) is 1. The number of carbonyl (C=O) groups excluding carboxylic acids is 1. The van der Waals surface area contributed by atoms with Crippen LogP contribution < -0.4 is 10.5 Å². The minimum atomic E-state index is -4.40. The normalized spacial score (nSPS) is 21.8. The van der Waals surface area contributed by atoms with E-state index in [1.54, 1.807) is 7.05 Å². The molecule has 25 heavy (non-hydrogen) atoms. The number of alkyl halides is 3. The monoisotopic (exact) mass is 360 g/mol. The van der Waals surface area contributed by atoms with Crippen LogP contribution in [0.3, 0.4) is 0 Å². The van der Waals surface area contributed by atoms with Gasteiger partial charge in [-0.3, -0.25) is 4.79 Å². The molecule has 3 atom stereocenters. The van der Waals surface area contributed by atoms with Gasteiger partial charge in [-0.25, -0.2) is 0 Å². The molecular formula is C17H23F3N2O3. The smallest absolute Gasteiger partial charge is 0.416 e. The Morgan fingerprint density at radius 1 is 1.36 bits per heavy atom. The number of amides is 1. The van der Waals surface area contributed by atoms with E-state index in [9.17, 15) is 23.1 Å². The summed E-state index contributed by atoms with van der Waals surface area (Å²) >= 11 is 0. The summed E-state index contributed by atoms with van der Waals surface area (Å²) in [5.41, 5.74) is 5.15. The Morgan fingerprint density at radius 3 is 2.52 bits per heavy atom. The topological polar surface area (TPSA) is 75.8 Å². The summed E-state index contributed by atoms with van der Waals surface area (Å²) in [4.78, 5) is 13.7. The molecule has 0 aliphatic heterocycles. The molecule has 2 rings (SSSR count). The number of hydrogen-bond acceptors (Lipinski definition) is 4. The third kappa shape index (κ3) is 5.34. The summed E-state index contributed by atoms with van der Waals surface area (Å²) in [5, 5.41) is 9.99. The molecule has 1 aliphatic carbocycles. The van der Waals surface area contributed by atoms with E-state index in [0.717, 1.165) is 31.4 Å². The number of rotatable bonds is 6. The number of halogens is 3. The van der Waals surface area contributed by atoms with Crippen molar-refractivity contribution in [3.8, 4) is 5.75 Å². The van der Waals surface area contributed by atoms with E-state index in [2.05, 4.69) is 0 Å². The Hall–Kier alpha value is -1.80. The van der Waals surface area contributed by atoms with E-state index in [0.29, 0.717) is 0 Å². The molecule has 1 aromatic rings. The number of ether oxygens (including phenoxy) is 1. The van der Waals surface area contributed by atoms with Crippen molar-refractivity contribution in [2.45, 2.75) is 37.6 Å². The van der Waals surface area contributed by atoms with Crippen LogP contribution in [-0.2, 0) is 11.0 Å². The Balaban J connectivity index is 1.80. The number of carbonyl (C=O) groups is 1. The first-order valence-electron chi connectivity index (χ1n) is 8.17. The molecule has 1 amide bonds. The molecule has 0 unspecified atom stereocenters. The highest BCUT2D eigenvalue weighted by molar-refractivity contribution is 5.79. The van der Waals surface area contributed by atoms with Gasteiger partial charge in [-0.05, 0) is 37.1 Å². The van der Waals surface area contributed by atoms with Gasteiger partial charge >= 0.3 is 6.18 Å². The zero-order chi connectivity index (χ0) is 18.6. The number of aliphatic hydroxyl groups is 1. The summed E-state index contributed by atoms with van der Waals surface area (Å²) in [6, 6.07) is 4.08. The first-order valence-corrected chi connectivity index (χ1v) is 8.17. The van der Waals surface area contributed by atoms with Gasteiger partial charge in [0.1, 0.15) is 18.5 Å². The van der Waals surface area contributed by atoms with Gasteiger partial charge in [-0.2, -0.15) is 13.2 Å². The number of benzene rings is 1. The van der Waals surface area contributed by atoms with Crippen molar-refractivity contribution in [1.82, 2.24) is 4.90 Å². The van der Waals surface area contributed by atoms with Crippen molar-refractivity contribution in [3.63, 3.8) is 0 Å². The molecule has 8 heteroatoms. The molecule has 1 saturated carbocycles. The van der Waals surface area contributed by atoms with Crippen LogP contribution >= 0.6 is 0 Å². The largest absolute Gasteiger partial charge is 0.491 e. The molecule has 0 radical (unpaired) electrons. The number of likely N-dealkylation sites (N-methyl/N-ethyl adjacent to an activating group) is 1. The molecule has 0 spiro atoms. The second-order valence-electron chi connectivity index (χ2n) is 6.41. The quantitative estimate of drug-likeness (QED) is 0.814. The number of hydrogen-bond donors (Lipinski definition) is 2. The second kappa shape index (κ2) is 8.05. The zero-order valence-corrected chi connectivity index (χ0v) is 14.0. The summed E-state index contributed by atoms with van der Waals surface area (Å²) in [6.07, 6.45) is -2.85. The number of nitrogens with zero attached hydrogens (tertiary/aromatic N) is 1. The minimum Gasteiger partial charge on any atom is -0.491 e. The predicted molar refractivity (Wildman–Crippen MR) is 85.9 cm³/mol. The van der Waals surface area contributed by atoms with E-state index in [-0.39, 0.29) is 36.8 Å². The van der Waals surface area contributed by atoms with E-state index < -0.39 is 17.8 Å². The average Bonchev–Trinajstić information content (AvgIpc) is 2.97. The van der Waals surface area contributed by atoms with Crippen molar-refractivity contribution >= 4 is 5.91 Å². The van der Waals surface area contributed by atoms with Crippen molar-refractivity contribution in [2.24, 2.45) is 11.7 Å². The fourth-order valence-corrected chi connectivity index (χ4v) is 2.97. The zero-order valence-electron chi connectivity index (χ0n) is 14.0. The standard InChI is InChI=1S/C17H23F3N2O3/c1-22(16(24)14-3-2-4-15(14)21)9-12(23)10-25-13-7-5-11(6-8-13)17(18,19)20/h5-8,12,14-15,23H,2-4,9-10,21H2,1H3/t12-,14-,15+/m0/s1. The van der Waals surface area contributed by atoms with Gasteiger partial charge in [-0.15, -0.1) is 0 Å². The molecule has 0 bridgehead atoms. The molecule has 0 saturated heterocycles. The average molecular weight is 360 g/mol. The maximum Gasteiger partial charge on any atom is 0.416 e. The van der Waals surface area contributed by atoms with Gasteiger partial charge < -0.3 is 20.5 Å². The molecule has 3 N–H and O–H groups in total. The lowest BCUT2D eigenvalue weighted by molar-refractivity contribution is -0.137. The molecule has 5 nitrogen and oxygen atoms in total. The van der Waals surface area contributed by atoms with Crippen LogP contribution in [0.2, 0.25) is 0 Å². The summed E-state index contributed by atoms with van der Waals surface area (Å²) in [5.74, 6) is -0.0922. The molecule has 0 aromatic heterocycles. The first-order chi connectivity index (χ1) is 11.7. The van der Waals surface area contributed by atoms with Crippen molar-refractivity contribution in [3.05, 3.63) is 29.8 Å². The third-order valence-electron chi connectivity index (χ3n) is 4.37. The molecule has 1 aliphatic rings. The van der Waals surface area contributed by atoms with Gasteiger partial charge in [0.15, 0.2) is 0 Å². The Labute approximate surface area is 144 Å². The predicted octanol–water partition coefficient (Wildman–Crippen LogP) is 2.03. The fourth-order valence-electron chi connectivity index (χ4n) is 2.97. The maximum atomic E-state index is 12.5. The van der Waals surface area contributed by atoms with Gasteiger partial charge in [0.25, 0.3) is 0 Å². The van der Waals surface area contributed by atoms with Gasteiger partial charge in [-0.1, -0.05) is 6.42 Å². The Bertz CT molecular complexity index is 577. The Kier molecular flexibility index (Phi) is 6.29. The summed E-state index contributed by atoms with van der Waals surface area (Å²) < 4.78 is 42.7. The summed E-state index contributed by atoms with van der Waals surface area (Å²) in [7, 11) is 1.59. The van der Waals surface area contributed by atoms with Crippen LogP contribution in [0.25, 0.3) is 0 Å². The SMILES string of the molecule is CN(C[C@H](O)COc1ccc(C(F)(F)F)cc1)C(=O)[C@H]1CCC[C@H]1N. The van der Waals surface area contributed by atoms with Crippen LogP contribution in [-0.4, -0.2) is 48.3 Å². The lowest BCUT2D eigenvalue weighted by Gasteiger charge is -2.25. The van der Waals surface area contributed by atoms with Gasteiger partial charge in [0.05, 0.1) is 11.5 Å². The third-order valence-corrected chi connectivity index (χ3v) is 4.37. The highest BCUT2D eigenvalue weighted by atomic mass is 19.4. The second-order valence-corrected chi connectivity index (χ2v) is 6.41. The van der Waals surface area contributed by atoms with Gasteiger partial charge in [0.2, 0.25) is 5.91 Å². The van der Waals surface area contributed by atoms with Crippen LogP contribution in [0.15, 0.2) is 24.3 Å². The highest BCUT2D eigenvalue weighted by Crippen LogP contribution is 2.30. The molecular weight excluding hydrogens is 337 g/mol. The minimum absolute atomic E-state index is 0.0721. The van der Waals surface area contributed by atoms with E-state index in [1.165, 1.54) is 17.0 Å². The maximum absolute atomic E-state index is 12.5. The summed E-state index contributed by atoms with van der Waals surface area (Å²) in [6.45, 7) is -0.0532. The first kappa shape index (κ1) is 19.5. The number of aliphatic hydroxyl groups excluding tert-OH is 1. The van der Waals surface area contributed by atoms with Crippen LogP contribution in [0.4, 0.5) is 13.2 Å². The fraction of sp³-hybridized carbons (Fsp3) is 0.588. The molecule has 140 valence electrons. The highest BCUT2D eigenvalue weighted by Gasteiger charge is 2.33. The van der Waals surface area contributed by atoms with E-state index in [4.69, 9.17) is 10.5 Å². The van der Waals surface area contributed by atoms with E-state index in [1.807, 2.05) is 0 Å². The van der Waals surface area contributed by atoms with E-state index >= 15 is 0 Å². The molecule has 1 aromatic carbocycles. The molecule has 1 fully saturated rings. The van der Waals surface area contributed by atoms with Crippen LogP contribution in [0.1, 0.15) is 24.8 Å². The van der Waals surface area contributed by atoms with Crippen LogP contribution in [0, 0.1) is 5.92 Å². The van der Waals surface area contributed by atoms with Crippen molar-refractivity contribution in [2.75, 3.05) is 20.2 Å². The Morgan fingerprint density at radius 2 is 2.00 bits per heavy atom. The molecule has 0 heterocycles.